The van der Waals surface area contributed by atoms with Crippen LogP contribution in [0.2, 0.25) is 0 Å². The van der Waals surface area contributed by atoms with Crippen molar-refractivity contribution in [1.29, 1.82) is 0 Å². The molecule has 0 N–H and O–H groups in total. The van der Waals surface area contributed by atoms with E-state index in [1.54, 1.807) is 11.1 Å². The van der Waals surface area contributed by atoms with Crippen molar-refractivity contribution in [2.75, 3.05) is 11.9 Å². The molecule has 20 heavy (non-hydrogen) atoms. The van der Waals surface area contributed by atoms with Crippen molar-refractivity contribution in [3.05, 3.63) is 47.8 Å². The molecule has 1 aromatic heterocycles. The van der Waals surface area contributed by atoms with Gasteiger partial charge in [-0.2, -0.15) is 0 Å². The van der Waals surface area contributed by atoms with Crippen molar-refractivity contribution in [2.24, 2.45) is 0 Å². The lowest BCUT2D eigenvalue weighted by atomic mass is 9.84. The molecule has 0 aliphatic carbocycles. The summed E-state index contributed by atoms with van der Waals surface area (Å²) in [5, 5.41) is 0. The lowest BCUT2D eigenvalue weighted by Gasteiger charge is -2.16. The van der Waals surface area contributed by atoms with Crippen LogP contribution in [-0.2, 0) is 10.2 Å². The molecule has 0 fully saturated rings. The fraction of sp³-hybridized carbons (Fsp3) is 0.294. The van der Waals surface area contributed by atoms with E-state index in [4.69, 9.17) is 0 Å². The Hall–Kier alpha value is -2.16. The number of carbonyl (C=O) groups excluding carboxylic acids is 1. The maximum atomic E-state index is 12.4. The highest BCUT2D eigenvalue weighted by molar-refractivity contribution is 6.08. The molecule has 1 aliphatic rings. The first-order valence-electron chi connectivity index (χ1n) is 6.77. The van der Waals surface area contributed by atoms with E-state index in [2.05, 4.69) is 24.0 Å². The Morgan fingerprint density at radius 1 is 1.20 bits per heavy atom. The minimum absolute atomic E-state index is 0.152. The van der Waals surface area contributed by atoms with E-state index in [1.165, 1.54) is 0 Å². The molecule has 1 amide bonds. The second-order valence-corrected chi connectivity index (χ2v) is 5.87. The van der Waals surface area contributed by atoms with Crippen LogP contribution >= 0.6 is 0 Å². The fourth-order valence-electron chi connectivity index (χ4n) is 3.11. The van der Waals surface area contributed by atoms with Gasteiger partial charge in [-0.1, -0.05) is 18.2 Å². The van der Waals surface area contributed by atoms with E-state index in [-0.39, 0.29) is 5.91 Å². The lowest BCUT2D eigenvalue weighted by molar-refractivity contribution is -0.121. The third-order valence-corrected chi connectivity index (χ3v) is 4.25. The number of benzene rings is 1. The topological polar surface area (TPSA) is 33.2 Å². The van der Waals surface area contributed by atoms with Crippen LogP contribution in [0, 0.1) is 6.92 Å². The van der Waals surface area contributed by atoms with Gasteiger partial charge in [0.1, 0.15) is 0 Å². The molecular weight excluding hydrogens is 248 g/mol. The number of aromatic nitrogens is 1. The summed E-state index contributed by atoms with van der Waals surface area (Å²) in [6.45, 7) is 6.05. The number of likely N-dealkylation sites (N-methyl/N-ethyl adjacent to an activating group) is 1. The van der Waals surface area contributed by atoms with Crippen LogP contribution in [0.1, 0.15) is 25.0 Å². The van der Waals surface area contributed by atoms with Crippen molar-refractivity contribution in [1.82, 2.24) is 4.98 Å². The minimum atomic E-state index is -0.442. The number of nitrogens with zero attached hydrogens (tertiary/aromatic N) is 2. The molecule has 2 heterocycles. The van der Waals surface area contributed by atoms with Crippen LogP contribution in [0.5, 0.6) is 0 Å². The molecule has 0 bridgehead atoms. The van der Waals surface area contributed by atoms with E-state index >= 15 is 0 Å². The summed E-state index contributed by atoms with van der Waals surface area (Å²) in [4.78, 5) is 18.4. The van der Waals surface area contributed by atoms with Gasteiger partial charge in [-0.15, -0.1) is 0 Å². The second-order valence-electron chi connectivity index (χ2n) is 5.87. The van der Waals surface area contributed by atoms with Crippen LogP contribution in [0.4, 0.5) is 5.69 Å². The Morgan fingerprint density at radius 3 is 2.60 bits per heavy atom. The summed E-state index contributed by atoms with van der Waals surface area (Å²) in [5.74, 6) is 0.152. The molecule has 3 rings (SSSR count). The molecule has 0 saturated carbocycles. The smallest absolute Gasteiger partial charge is 0.236 e. The SMILES string of the molecule is Cc1c(-c2cccnc2)ccc2c1N(C)C(=O)C2(C)C. The number of hydrogen-bond donors (Lipinski definition) is 0. The summed E-state index contributed by atoms with van der Waals surface area (Å²) >= 11 is 0. The van der Waals surface area contributed by atoms with Gasteiger partial charge in [-0.25, -0.2) is 0 Å². The lowest BCUT2D eigenvalue weighted by Crippen LogP contribution is -2.33. The summed E-state index contributed by atoms with van der Waals surface area (Å²) in [7, 11) is 1.86. The monoisotopic (exact) mass is 266 g/mol. The molecule has 1 aromatic carbocycles. The maximum absolute atomic E-state index is 12.4. The minimum Gasteiger partial charge on any atom is -0.314 e. The van der Waals surface area contributed by atoms with Gasteiger partial charge >= 0.3 is 0 Å². The van der Waals surface area contributed by atoms with Gasteiger partial charge in [0, 0.05) is 25.0 Å². The Labute approximate surface area is 119 Å². The molecule has 3 heteroatoms. The normalized spacial score (nSPS) is 16.4. The zero-order chi connectivity index (χ0) is 14.5. The molecule has 0 spiro atoms. The molecule has 2 aromatic rings. The quantitative estimate of drug-likeness (QED) is 0.793. The Bertz CT molecular complexity index is 690. The van der Waals surface area contributed by atoms with Gasteiger partial charge in [0.15, 0.2) is 0 Å². The number of fused-ring (bicyclic) bond motifs is 1. The second kappa shape index (κ2) is 4.17. The maximum Gasteiger partial charge on any atom is 0.236 e. The van der Waals surface area contributed by atoms with E-state index in [0.717, 1.165) is 27.9 Å². The number of anilines is 1. The first kappa shape index (κ1) is 12.9. The average molecular weight is 266 g/mol. The van der Waals surface area contributed by atoms with E-state index < -0.39 is 5.41 Å². The van der Waals surface area contributed by atoms with Gasteiger partial charge in [-0.3, -0.25) is 9.78 Å². The van der Waals surface area contributed by atoms with Crippen molar-refractivity contribution in [3.63, 3.8) is 0 Å². The van der Waals surface area contributed by atoms with Crippen molar-refractivity contribution in [3.8, 4) is 11.1 Å². The van der Waals surface area contributed by atoms with Crippen LogP contribution in [-0.4, -0.2) is 17.9 Å². The Morgan fingerprint density at radius 2 is 1.95 bits per heavy atom. The first-order valence-corrected chi connectivity index (χ1v) is 6.77. The summed E-state index contributed by atoms with van der Waals surface area (Å²) < 4.78 is 0. The van der Waals surface area contributed by atoms with E-state index in [1.807, 2.05) is 39.2 Å². The molecule has 102 valence electrons. The van der Waals surface area contributed by atoms with Gasteiger partial charge in [0.25, 0.3) is 0 Å². The number of rotatable bonds is 1. The highest BCUT2D eigenvalue weighted by Crippen LogP contribution is 2.45. The zero-order valence-electron chi connectivity index (χ0n) is 12.3. The molecule has 0 atom stereocenters. The predicted molar refractivity (Wildman–Crippen MR) is 80.8 cm³/mol. The summed E-state index contributed by atoms with van der Waals surface area (Å²) in [5.41, 5.74) is 5.06. The largest absolute Gasteiger partial charge is 0.314 e. The Kier molecular flexibility index (Phi) is 2.68. The average Bonchev–Trinajstić information content (AvgIpc) is 2.62. The van der Waals surface area contributed by atoms with E-state index in [0.29, 0.717) is 0 Å². The van der Waals surface area contributed by atoms with Gasteiger partial charge < -0.3 is 4.90 Å². The standard InChI is InChI=1S/C17H18N2O/c1-11-13(12-6-5-9-18-10-12)7-8-14-15(11)19(4)16(20)17(14,2)3/h5-10H,1-4H3. The third kappa shape index (κ3) is 1.59. The van der Waals surface area contributed by atoms with Crippen LogP contribution < -0.4 is 4.90 Å². The van der Waals surface area contributed by atoms with Crippen molar-refractivity contribution >= 4 is 11.6 Å². The number of pyridine rings is 1. The van der Waals surface area contributed by atoms with Crippen LogP contribution in [0.15, 0.2) is 36.7 Å². The molecule has 0 unspecified atom stereocenters. The fourth-order valence-corrected chi connectivity index (χ4v) is 3.11. The number of amides is 1. The Balaban J connectivity index is 2.25. The first-order chi connectivity index (χ1) is 9.44. The van der Waals surface area contributed by atoms with E-state index in [9.17, 15) is 4.79 Å². The zero-order valence-corrected chi connectivity index (χ0v) is 12.3. The van der Waals surface area contributed by atoms with Crippen LogP contribution in [0.3, 0.4) is 0 Å². The molecule has 1 aliphatic heterocycles. The molecule has 3 nitrogen and oxygen atoms in total. The van der Waals surface area contributed by atoms with Gasteiger partial charge in [0.05, 0.1) is 11.1 Å². The molecule has 0 saturated heterocycles. The third-order valence-electron chi connectivity index (χ3n) is 4.25. The van der Waals surface area contributed by atoms with Crippen molar-refractivity contribution in [2.45, 2.75) is 26.2 Å². The molecular formula is C17H18N2O. The van der Waals surface area contributed by atoms with Crippen LogP contribution in [0.25, 0.3) is 11.1 Å². The highest BCUT2D eigenvalue weighted by atomic mass is 16.2. The molecule has 0 radical (unpaired) electrons. The summed E-state index contributed by atoms with van der Waals surface area (Å²) in [6.07, 6.45) is 3.63. The summed E-state index contributed by atoms with van der Waals surface area (Å²) in [6, 6.07) is 8.15. The van der Waals surface area contributed by atoms with Gasteiger partial charge in [0.2, 0.25) is 5.91 Å². The highest BCUT2D eigenvalue weighted by Gasteiger charge is 2.43. The van der Waals surface area contributed by atoms with Gasteiger partial charge in [-0.05, 0) is 43.5 Å². The number of carbonyl (C=O) groups is 1. The predicted octanol–water partition coefficient (Wildman–Crippen LogP) is 3.31. The number of hydrogen-bond acceptors (Lipinski definition) is 2. The van der Waals surface area contributed by atoms with Crippen molar-refractivity contribution < 1.29 is 4.79 Å².